The van der Waals surface area contributed by atoms with Gasteiger partial charge in [-0.3, -0.25) is 14.4 Å². The summed E-state index contributed by atoms with van der Waals surface area (Å²) in [6.45, 7) is 4.62. The number of carbonyl (C=O) groups is 3. The van der Waals surface area contributed by atoms with Gasteiger partial charge in [0.15, 0.2) is 0 Å². The van der Waals surface area contributed by atoms with E-state index in [4.69, 9.17) is 10.5 Å². The van der Waals surface area contributed by atoms with Crippen molar-refractivity contribution >= 4 is 35.8 Å². The summed E-state index contributed by atoms with van der Waals surface area (Å²) >= 11 is 0. The van der Waals surface area contributed by atoms with E-state index in [9.17, 15) is 14.4 Å². The van der Waals surface area contributed by atoms with Crippen LogP contribution in [0.5, 0.6) is 0 Å². The third kappa shape index (κ3) is 6.27. The van der Waals surface area contributed by atoms with E-state index >= 15 is 0 Å². The Hall–Kier alpha value is -2.49. The number of carbonyl (C=O) groups excluding carboxylic acids is 3. The molecule has 32 heavy (non-hydrogen) atoms. The van der Waals surface area contributed by atoms with Gasteiger partial charge in [-0.05, 0) is 25.8 Å². The van der Waals surface area contributed by atoms with E-state index in [1.54, 1.807) is 25.8 Å². The predicted molar refractivity (Wildman–Crippen MR) is 123 cm³/mol. The lowest BCUT2D eigenvalue weighted by molar-refractivity contribution is -0.140. The normalized spacial score (nSPS) is 19.1. The smallest absolute Gasteiger partial charge is 0.253 e. The Balaban J connectivity index is 0.00000363. The lowest BCUT2D eigenvalue weighted by Gasteiger charge is -2.34. The fourth-order valence-electron chi connectivity index (χ4n) is 3.64. The van der Waals surface area contributed by atoms with Crippen molar-refractivity contribution in [2.75, 3.05) is 26.7 Å². The van der Waals surface area contributed by atoms with Crippen LogP contribution in [-0.4, -0.2) is 71.7 Å². The molecule has 1 unspecified atom stereocenters. The summed E-state index contributed by atoms with van der Waals surface area (Å²) in [5.74, 6) is -1.16. The third-order valence-electron chi connectivity index (χ3n) is 5.50. The maximum absolute atomic E-state index is 13.3. The molecule has 0 bridgehead atoms. The van der Waals surface area contributed by atoms with Crippen LogP contribution >= 0.6 is 12.4 Å². The van der Waals surface area contributed by atoms with Crippen LogP contribution < -0.4 is 11.1 Å². The fourth-order valence-corrected chi connectivity index (χ4v) is 3.64. The number of hydrazone groups is 1. The molecule has 3 amide bonds. The van der Waals surface area contributed by atoms with Crippen LogP contribution in [0, 0.1) is 5.92 Å². The molecule has 3 N–H and O–H groups in total. The number of piperidine rings is 1. The molecule has 176 valence electrons. The number of ether oxygens (including phenoxy) is 1. The highest BCUT2D eigenvalue weighted by atomic mass is 35.5. The number of likely N-dealkylation sites (tertiary alicyclic amines) is 1. The van der Waals surface area contributed by atoms with Crippen molar-refractivity contribution < 1.29 is 19.1 Å². The average Bonchev–Trinajstić information content (AvgIpc) is 3.03. The SMILES string of the molecule is CN1N=C2CCN(C(=O)[C@@H](CCOCc3ccccc3)NC(=O)C(C)(C)N)CC2C1=O.Cl. The minimum Gasteiger partial charge on any atom is -0.377 e. The summed E-state index contributed by atoms with van der Waals surface area (Å²) in [4.78, 5) is 39.6. The quantitative estimate of drug-likeness (QED) is 0.553. The van der Waals surface area contributed by atoms with Gasteiger partial charge in [0.05, 0.1) is 23.8 Å². The van der Waals surface area contributed by atoms with Crippen molar-refractivity contribution in [1.29, 1.82) is 0 Å². The molecule has 1 aromatic carbocycles. The molecule has 2 aliphatic rings. The molecule has 0 aromatic heterocycles. The first-order valence-electron chi connectivity index (χ1n) is 10.5. The third-order valence-corrected chi connectivity index (χ3v) is 5.50. The van der Waals surface area contributed by atoms with E-state index < -0.39 is 23.4 Å². The maximum Gasteiger partial charge on any atom is 0.253 e. The van der Waals surface area contributed by atoms with E-state index in [2.05, 4.69) is 10.4 Å². The molecule has 1 aromatic rings. The van der Waals surface area contributed by atoms with Gasteiger partial charge >= 0.3 is 0 Å². The van der Waals surface area contributed by atoms with Gasteiger partial charge in [-0.15, -0.1) is 12.4 Å². The number of halogens is 1. The van der Waals surface area contributed by atoms with Crippen LogP contribution in [0.2, 0.25) is 0 Å². The van der Waals surface area contributed by atoms with Gasteiger partial charge in [0.25, 0.3) is 5.91 Å². The highest BCUT2D eigenvalue weighted by Gasteiger charge is 2.41. The number of nitrogens with one attached hydrogen (secondary N) is 1. The number of rotatable bonds is 8. The van der Waals surface area contributed by atoms with Crippen molar-refractivity contribution in [1.82, 2.24) is 15.2 Å². The Morgan fingerprint density at radius 3 is 2.66 bits per heavy atom. The Morgan fingerprint density at radius 2 is 2.00 bits per heavy atom. The topological polar surface area (TPSA) is 117 Å². The summed E-state index contributed by atoms with van der Waals surface area (Å²) in [6.07, 6.45) is 0.851. The van der Waals surface area contributed by atoms with Crippen molar-refractivity contribution in [3.63, 3.8) is 0 Å². The molecule has 2 heterocycles. The molecule has 1 fully saturated rings. The second-order valence-electron chi connectivity index (χ2n) is 8.61. The molecule has 2 aliphatic heterocycles. The zero-order chi connectivity index (χ0) is 22.6. The Bertz CT molecular complexity index is 856. The van der Waals surface area contributed by atoms with Crippen LogP contribution in [0.15, 0.2) is 35.4 Å². The summed E-state index contributed by atoms with van der Waals surface area (Å²) < 4.78 is 5.72. The van der Waals surface area contributed by atoms with E-state index in [1.165, 1.54) is 5.01 Å². The van der Waals surface area contributed by atoms with Crippen LogP contribution in [0.1, 0.15) is 32.3 Å². The number of benzene rings is 1. The number of fused-ring (bicyclic) bond motifs is 1. The van der Waals surface area contributed by atoms with Crippen LogP contribution in [0.3, 0.4) is 0 Å². The van der Waals surface area contributed by atoms with Crippen molar-refractivity contribution in [3.05, 3.63) is 35.9 Å². The second kappa shape index (κ2) is 10.9. The number of amides is 3. The first-order valence-corrected chi connectivity index (χ1v) is 10.5. The van der Waals surface area contributed by atoms with Gasteiger partial charge in [-0.25, -0.2) is 5.01 Å². The summed E-state index contributed by atoms with van der Waals surface area (Å²) in [5.41, 5.74) is 6.63. The van der Waals surface area contributed by atoms with Crippen molar-refractivity contribution in [3.8, 4) is 0 Å². The van der Waals surface area contributed by atoms with E-state index in [0.29, 0.717) is 32.6 Å². The molecule has 3 rings (SSSR count). The number of hydrogen-bond acceptors (Lipinski definition) is 6. The van der Waals surface area contributed by atoms with Crippen LogP contribution in [0.25, 0.3) is 0 Å². The molecule has 1 saturated heterocycles. The zero-order valence-corrected chi connectivity index (χ0v) is 19.6. The van der Waals surface area contributed by atoms with E-state index in [-0.39, 0.29) is 30.8 Å². The minimum atomic E-state index is -1.12. The Morgan fingerprint density at radius 1 is 1.31 bits per heavy atom. The van der Waals surface area contributed by atoms with Gasteiger partial charge in [-0.1, -0.05) is 30.3 Å². The van der Waals surface area contributed by atoms with Gasteiger partial charge in [0, 0.05) is 33.2 Å². The molecular formula is C22H32ClN5O4. The lowest BCUT2D eigenvalue weighted by Crippen LogP contribution is -2.58. The van der Waals surface area contributed by atoms with E-state index in [0.717, 1.165) is 11.3 Å². The molecule has 0 saturated carbocycles. The van der Waals surface area contributed by atoms with E-state index in [1.807, 2.05) is 30.3 Å². The molecule has 0 spiro atoms. The molecule has 0 aliphatic carbocycles. The Labute approximate surface area is 194 Å². The summed E-state index contributed by atoms with van der Waals surface area (Å²) in [5, 5.41) is 8.36. The summed E-state index contributed by atoms with van der Waals surface area (Å²) in [7, 11) is 1.62. The van der Waals surface area contributed by atoms with Gasteiger partial charge in [-0.2, -0.15) is 5.10 Å². The van der Waals surface area contributed by atoms with Crippen molar-refractivity contribution in [2.45, 2.75) is 44.9 Å². The van der Waals surface area contributed by atoms with Crippen LogP contribution in [-0.2, 0) is 25.7 Å². The molecular weight excluding hydrogens is 434 g/mol. The number of hydrogen-bond donors (Lipinski definition) is 2. The molecule has 0 radical (unpaired) electrons. The fraction of sp³-hybridized carbons (Fsp3) is 0.545. The first-order chi connectivity index (χ1) is 14.7. The van der Waals surface area contributed by atoms with Gasteiger partial charge in [0.2, 0.25) is 11.8 Å². The second-order valence-corrected chi connectivity index (χ2v) is 8.61. The monoisotopic (exact) mass is 465 g/mol. The lowest BCUT2D eigenvalue weighted by atomic mass is 9.95. The van der Waals surface area contributed by atoms with Gasteiger partial charge in [0.1, 0.15) is 6.04 Å². The average molecular weight is 466 g/mol. The minimum absolute atomic E-state index is 0. The molecule has 9 nitrogen and oxygen atoms in total. The summed E-state index contributed by atoms with van der Waals surface area (Å²) in [6, 6.07) is 8.95. The van der Waals surface area contributed by atoms with Gasteiger partial charge < -0.3 is 20.7 Å². The largest absolute Gasteiger partial charge is 0.377 e. The Kier molecular flexibility index (Phi) is 8.77. The maximum atomic E-state index is 13.3. The standard InChI is InChI=1S/C22H31N5O4.ClH/c1-22(2,23)21(30)24-18(10-12-31-14-15-7-5-4-6-8-15)20(29)27-11-9-17-16(13-27)19(28)26(3)25-17;/h4-8,16,18H,9-14,23H2,1-3H3,(H,24,30);1H/t16?,18-;/m1./s1. The van der Waals surface area contributed by atoms with Crippen molar-refractivity contribution in [2.24, 2.45) is 16.8 Å². The predicted octanol–water partition coefficient (Wildman–Crippen LogP) is 0.914. The zero-order valence-electron chi connectivity index (χ0n) is 18.7. The molecule has 2 atom stereocenters. The number of nitrogens with zero attached hydrogens (tertiary/aromatic N) is 3. The first kappa shape index (κ1) is 25.8. The molecule has 10 heteroatoms. The van der Waals surface area contributed by atoms with Crippen LogP contribution in [0.4, 0.5) is 0 Å². The highest BCUT2D eigenvalue weighted by Crippen LogP contribution is 2.23. The highest BCUT2D eigenvalue weighted by molar-refractivity contribution is 6.09. The number of nitrogens with two attached hydrogens (primary N) is 1.